The summed E-state index contributed by atoms with van der Waals surface area (Å²) in [6.07, 6.45) is 0. The molecule has 1 aliphatic heterocycles. The second-order valence-electron chi connectivity index (χ2n) is 6.70. The number of amides is 1. The van der Waals surface area contributed by atoms with Gasteiger partial charge in [-0.15, -0.1) is 0 Å². The number of hydrogen-bond acceptors (Lipinski definition) is 4. The highest BCUT2D eigenvalue weighted by atomic mass is 16.5. The van der Waals surface area contributed by atoms with E-state index in [-0.39, 0.29) is 11.9 Å². The highest BCUT2D eigenvalue weighted by Crippen LogP contribution is 2.25. The summed E-state index contributed by atoms with van der Waals surface area (Å²) < 4.78 is 4.95. The van der Waals surface area contributed by atoms with Gasteiger partial charge in [0.15, 0.2) is 0 Å². The summed E-state index contributed by atoms with van der Waals surface area (Å²) >= 11 is 0. The van der Waals surface area contributed by atoms with Gasteiger partial charge in [0, 0.05) is 18.8 Å². The molecule has 0 saturated carbocycles. The maximum atomic E-state index is 12.3. The first-order chi connectivity index (χ1) is 12.5. The SMILES string of the molecule is CCOC(=O)c1ccc(NC(=O)CN2Cc3cc(C)c(C)cc3C2)cc1. The Kier molecular flexibility index (Phi) is 5.38. The first-order valence-electron chi connectivity index (χ1n) is 8.84. The summed E-state index contributed by atoms with van der Waals surface area (Å²) in [5.41, 5.74) is 6.34. The second-order valence-corrected chi connectivity index (χ2v) is 6.70. The molecule has 0 fully saturated rings. The van der Waals surface area contributed by atoms with Crippen molar-refractivity contribution in [1.82, 2.24) is 4.90 Å². The number of nitrogens with zero attached hydrogens (tertiary/aromatic N) is 1. The molecule has 1 amide bonds. The van der Waals surface area contributed by atoms with E-state index in [0.717, 1.165) is 13.1 Å². The van der Waals surface area contributed by atoms with Crippen molar-refractivity contribution < 1.29 is 14.3 Å². The van der Waals surface area contributed by atoms with Crippen molar-refractivity contribution in [3.05, 3.63) is 64.2 Å². The standard InChI is InChI=1S/C21H24N2O3/c1-4-26-21(25)16-5-7-19(8-6-16)22-20(24)13-23-11-17-9-14(2)15(3)10-18(17)12-23/h5-10H,4,11-13H2,1-3H3,(H,22,24). The molecule has 1 N–H and O–H groups in total. The van der Waals surface area contributed by atoms with Crippen LogP contribution in [0.15, 0.2) is 36.4 Å². The minimum absolute atomic E-state index is 0.0601. The normalized spacial score (nSPS) is 13.3. The lowest BCUT2D eigenvalue weighted by Gasteiger charge is -2.14. The molecule has 0 atom stereocenters. The summed E-state index contributed by atoms with van der Waals surface area (Å²) in [6.45, 7) is 8.28. The predicted octanol–water partition coefficient (Wildman–Crippen LogP) is 3.43. The van der Waals surface area contributed by atoms with Gasteiger partial charge in [-0.3, -0.25) is 9.69 Å². The number of carbonyl (C=O) groups is 2. The zero-order chi connectivity index (χ0) is 18.7. The molecule has 136 valence electrons. The third-order valence-corrected chi connectivity index (χ3v) is 4.65. The largest absolute Gasteiger partial charge is 0.462 e. The summed E-state index contributed by atoms with van der Waals surface area (Å²) in [7, 11) is 0. The van der Waals surface area contributed by atoms with Crippen LogP contribution in [-0.2, 0) is 22.6 Å². The zero-order valence-electron chi connectivity index (χ0n) is 15.5. The molecule has 0 radical (unpaired) electrons. The van der Waals surface area contributed by atoms with Gasteiger partial charge < -0.3 is 10.1 Å². The van der Waals surface area contributed by atoms with E-state index in [1.807, 2.05) is 0 Å². The number of anilines is 1. The third kappa shape index (κ3) is 4.11. The number of rotatable bonds is 5. The lowest BCUT2D eigenvalue weighted by Crippen LogP contribution is -2.29. The van der Waals surface area contributed by atoms with Gasteiger partial charge >= 0.3 is 5.97 Å². The van der Waals surface area contributed by atoms with Crippen LogP contribution in [0.3, 0.4) is 0 Å². The van der Waals surface area contributed by atoms with E-state index in [4.69, 9.17) is 4.74 Å². The summed E-state index contributed by atoms with van der Waals surface area (Å²) in [4.78, 5) is 26.1. The number of esters is 1. The Labute approximate surface area is 154 Å². The van der Waals surface area contributed by atoms with Crippen LogP contribution in [-0.4, -0.2) is 29.9 Å². The molecule has 0 unspecified atom stereocenters. The van der Waals surface area contributed by atoms with Gasteiger partial charge in [-0.05, 0) is 67.3 Å². The first kappa shape index (κ1) is 18.1. The summed E-state index contributed by atoms with van der Waals surface area (Å²) in [6, 6.07) is 11.2. The molecular weight excluding hydrogens is 328 g/mol. The predicted molar refractivity (Wildman–Crippen MR) is 101 cm³/mol. The van der Waals surface area contributed by atoms with Crippen LogP contribution in [0.25, 0.3) is 0 Å². The highest BCUT2D eigenvalue weighted by Gasteiger charge is 2.21. The molecule has 1 aliphatic rings. The van der Waals surface area contributed by atoms with Gasteiger partial charge in [-0.25, -0.2) is 4.79 Å². The molecular formula is C21H24N2O3. The number of hydrogen-bond donors (Lipinski definition) is 1. The molecule has 0 saturated heterocycles. The monoisotopic (exact) mass is 352 g/mol. The van der Waals surface area contributed by atoms with Crippen molar-refractivity contribution in [2.75, 3.05) is 18.5 Å². The quantitative estimate of drug-likeness (QED) is 0.838. The average molecular weight is 352 g/mol. The zero-order valence-corrected chi connectivity index (χ0v) is 15.5. The van der Waals surface area contributed by atoms with Gasteiger partial charge in [0.05, 0.1) is 18.7 Å². The maximum Gasteiger partial charge on any atom is 0.338 e. The lowest BCUT2D eigenvalue weighted by molar-refractivity contribution is -0.117. The number of aryl methyl sites for hydroxylation is 2. The van der Waals surface area contributed by atoms with Gasteiger partial charge in [0.2, 0.25) is 5.91 Å². The smallest absolute Gasteiger partial charge is 0.338 e. The molecule has 0 spiro atoms. The van der Waals surface area contributed by atoms with Gasteiger partial charge in [0.1, 0.15) is 0 Å². The van der Waals surface area contributed by atoms with Gasteiger partial charge in [-0.2, -0.15) is 0 Å². The van der Waals surface area contributed by atoms with E-state index in [9.17, 15) is 9.59 Å². The van der Waals surface area contributed by atoms with Crippen molar-refractivity contribution in [3.63, 3.8) is 0 Å². The third-order valence-electron chi connectivity index (χ3n) is 4.65. The molecule has 1 heterocycles. The van der Waals surface area contributed by atoms with Crippen molar-refractivity contribution in [3.8, 4) is 0 Å². The van der Waals surface area contributed by atoms with Crippen LogP contribution in [0.2, 0.25) is 0 Å². The van der Waals surface area contributed by atoms with E-state index in [1.165, 1.54) is 22.3 Å². The van der Waals surface area contributed by atoms with E-state index >= 15 is 0 Å². The number of benzene rings is 2. The van der Waals surface area contributed by atoms with Crippen molar-refractivity contribution in [2.45, 2.75) is 33.9 Å². The second kappa shape index (κ2) is 7.70. The van der Waals surface area contributed by atoms with Crippen LogP contribution in [0, 0.1) is 13.8 Å². The van der Waals surface area contributed by atoms with Crippen LogP contribution in [0.1, 0.15) is 39.5 Å². The van der Waals surface area contributed by atoms with Gasteiger partial charge in [-0.1, -0.05) is 12.1 Å². The molecule has 0 aliphatic carbocycles. The Balaban J connectivity index is 1.56. The van der Waals surface area contributed by atoms with Crippen molar-refractivity contribution >= 4 is 17.6 Å². The maximum absolute atomic E-state index is 12.3. The molecule has 5 heteroatoms. The molecule has 5 nitrogen and oxygen atoms in total. The Morgan fingerprint density at radius 3 is 2.15 bits per heavy atom. The molecule has 0 bridgehead atoms. The van der Waals surface area contributed by atoms with Crippen molar-refractivity contribution in [2.24, 2.45) is 0 Å². The molecule has 3 rings (SSSR count). The number of carbonyl (C=O) groups excluding carboxylic acids is 2. The Hall–Kier alpha value is -2.66. The molecule has 0 aromatic heterocycles. The van der Waals surface area contributed by atoms with Crippen molar-refractivity contribution in [1.29, 1.82) is 0 Å². The number of fused-ring (bicyclic) bond motifs is 1. The average Bonchev–Trinajstić information content (AvgIpc) is 2.97. The van der Waals surface area contributed by atoms with E-state index in [0.29, 0.717) is 24.4 Å². The van der Waals surface area contributed by atoms with Crippen LogP contribution in [0.5, 0.6) is 0 Å². The van der Waals surface area contributed by atoms with Gasteiger partial charge in [0.25, 0.3) is 0 Å². The van der Waals surface area contributed by atoms with E-state index in [1.54, 1.807) is 31.2 Å². The minimum atomic E-state index is -0.356. The van der Waals surface area contributed by atoms with Crippen LogP contribution < -0.4 is 5.32 Å². The van der Waals surface area contributed by atoms with E-state index < -0.39 is 0 Å². The fraction of sp³-hybridized carbons (Fsp3) is 0.333. The Morgan fingerprint density at radius 1 is 1.04 bits per heavy atom. The lowest BCUT2D eigenvalue weighted by atomic mass is 10.0. The molecule has 2 aromatic carbocycles. The van der Waals surface area contributed by atoms with Crippen LogP contribution in [0.4, 0.5) is 5.69 Å². The number of nitrogens with one attached hydrogen (secondary N) is 1. The fourth-order valence-corrected chi connectivity index (χ4v) is 3.19. The Morgan fingerprint density at radius 2 is 1.62 bits per heavy atom. The highest BCUT2D eigenvalue weighted by molar-refractivity contribution is 5.94. The minimum Gasteiger partial charge on any atom is -0.462 e. The van der Waals surface area contributed by atoms with Crippen LogP contribution >= 0.6 is 0 Å². The topological polar surface area (TPSA) is 58.6 Å². The summed E-state index contributed by atoms with van der Waals surface area (Å²) in [5.74, 6) is -0.416. The Bertz CT molecular complexity index is 797. The fourth-order valence-electron chi connectivity index (χ4n) is 3.19. The number of ether oxygens (including phenoxy) is 1. The molecule has 2 aromatic rings. The summed E-state index contributed by atoms with van der Waals surface area (Å²) in [5, 5.41) is 2.88. The first-order valence-corrected chi connectivity index (χ1v) is 8.84. The molecule has 26 heavy (non-hydrogen) atoms. The van der Waals surface area contributed by atoms with E-state index in [2.05, 4.69) is 36.2 Å².